The molecule has 8 heteroatoms. The van der Waals surface area contributed by atoms with Crippen molar-refractivity contribution in [2.75, 3.05) is 0 Å². The van der Waals surface area contributed by atoms with E-state index in [9.17, 15) is 13.2 Å². The molecule has 0 aliphatic heterocycles. The highest BCUT2D eigenvalue weighted by Crippen LogP contribution is 2.27. The summed E-state index contributed by atoms with van der Waals surface area (Å²) in [6.07, 6.45) is 3.31. The first kappa shape index (κ1) is 22.8. The second-order valence-electron chi connectivity index (χ2n) is 9.00. The van der Waals surface area contributed by atoms with E-state index in [2.05, 4.69) is 19.7 Å². The van der Waals surface area contributed by atoms with E-state index in [1.807, 2.05) is 63.2 Å². The predicted molar refractivity (Wildman–Crippen MR) is 129 cm³/mol. The Hall–Kier alpha value is -3.36. The number of nitrogens with one attached hydrogen (secondary N) is 2. The second kappa shape index (κ2) is 8.88. The van der Waals surface area contributed by atoms with Crippen molar-refractivity contribution >= 4 is 27.0 Å². The van der Waals surface area contributed by atoms with Crippen molar-refractivity contribution < 1.29 is 13.2 Å². The number of hydrogen-bond donors (Lipinski definition) is 2. The first-order chi connectivity index (χ1) is 15.6. The van der Waals surface area contributed by atoms with Crippen LogP contribution in [0.5, 0.6) is 0 Å². The van der Waals surface area contributed by atoms with Crippen LogP contribution < -0.4 is 4.72 Å². The van der Waals surface area contributed by atoms with Gasteiger partial charge in [0.15, 0.2) is 11.4 Å². The molecule has 0 bridgehead atoms. The summed E-state index contributed by atoms with van der Waals surface area (Å²) in [6.45, 7) is 5.82. The number of nitrogens with zero attached hydrogens (tertiary/aromatic N) is 2. The molecule has 2 aromatic heterocycles. The number of hydrogen-bond acceptors (Lipinski definition) is 5. The molecule has 2 aromatic carbocycles. The van der Waals surface area contributed by atoms with Crippen LogP contribution >= 0.6 is 0 Å². The molecule has 0 saturated heterocycles. The van der Waals surface area contributed by atoms with E-state index in [0.717, 1.165) is 16.7 Å². The summed E-state index contributed by atoms with van der Waals surface area (Å²) >= 11 is 0. The Morgan fingerprint density at radius 3 is 2.36 bits per heavy atom. The Bertz CT molecular complexity index is 1390. The lowest BCUT2D eigenvalue weighted by Gasteiger charge is -2.15. The van der Waals surface area contributed by atoms with Crippen molar-refractivity contribution in [1.29, 1.82) is 0 Å². The lowest BCUT2D eigenvalue weighted by atomic mass is 9.87. The topological polar surface area (TPSA) is 105 Å². The first-order valence-corrected chi connectivity index (χ1v) is 12.3. The van der Waals surface area contributed by atoms with Gasteiger partial charge in [0.1, 0.15) is 5.52 Å². The minimum Gasteiger partial charge on any atom is -0.344 e. The summed E-state index contributed by atoms with van der Waals surface area (Å²) in [4.78, 5) is 24.9. The molecule has 0 amide bonds. The number of fused-ring (bicyclic) bond motifs is 1. The summed E-state index contributed by atoms with van der Waals surface area (Å²) in [7, 11) is -3.45. The highest BCUT2D eigenvalue weighted by Gasteiger charge is 2.26. The number of Topliss-reactive ketones (excluding diaryl/α,β-unsaturated/α-hetero) is 1. The van der Waals surface area contributed by atoms with Crippen LogP contribution in [-0.4, -0.2) is 29.2 Å². The molecule has 0 fully saturated rings. The Labute approximate surface area is 193 Å². The summed E-state index contributed by atoms with van der Waals surface area (Å²) < 4.78 is 27.4. The van der Waals surface area contributed by atoms with Gasteiger partial charge in [0.25, 0.3) is 0 Å². The summed E-state index contributed by atoms with van der Waals surface area (Å²) in [5.74, 6) is -0.0632. The fourth-order valence-electron chi connectivity index (χ4n) is 3.44. The Morgan fingerprint density at radius 2 is 1.70 bits per heavy atom. The average molecular weight is 463 g/mol. The molecule has 0 aliphatic carbocycles. The zero-order valence-corrected chi connectivity index (χ0v) is 19.6. The second-order valence-corrected chi connectivity index (χ2v) is 10.8. The van der Waals surface area contributed by atoms with Gasteiger partial charge >= 0.3 is 0 Å². The number of rotatable bonds is 7. The van der Waals surface area contributed by atoms with Crippen LogP contribution in [0.3, 0.4) is 0 Å². The minimum atomic E-state index is -3.45. The largest absolute Gasteiger partial charge is 0.344 e. The van der Waals surface area contributed by atoms with Gasteiger partial charge < -0.3 is 4.98 Å². The zero-order chi connectivity index (χ0) is 23.6. The maximum absolute atomic E-state index is 12.8. The normalized spacial score (nSPS) is 12.2. The minimum absolute atomic E-state index is 0.00154. The number of benzene rings is 2. The average Bonchev–Trinajstić information content (AvgIpc) is 3.20. The zero-order valence-electron chi connectivity index (χ0n) is 18.8. The molecular weight excluding hydrogens is 436 g/mol. The molecule has 0 spiro atoms. The third-order valence-electron chi connectivity index (χ3n) is 5.25. The van der Waals surface area contributed by atoms with Crippen molar-refractivity contribution in [2.45, 2.75) is 33.1 Å². The fourth-order valence-corrected chi connectivity index (χ4v) is 4.56. The van der Waals surface area contributed by atoms with Crippen LogP contribution in [-0.2, 0) is 22.3 Å². The predicted octanol–water partition coefficient (Wildman–Crippen LogP) is 4.47. The van der Waals surface area contributed by atoms with Crippen molar-refractivity contribution in [3.8, 4) is 11.3 Å². The summed E-state index contributed by atoms with van der Waals surface area (Å²) in [5, 5.41) is 0. The molecule has 7 nitrogen and oxygen atoms in total. The third-order valence-corrected chi connectivity index (χ3v) is 6.55. The molecular formula is C25H26N4O3S. The van der Waals surface area contributed by atoms with Gasteiger partial charge in [-0.05, 0) is 11.1 Å². The molecule has 2 heterocycles. The van der Waals surface area contributed by atoms with Gasteiger partial charge in [-0.15, -0.1) is 0 Å². The molecule has 170 valence electrons. The smallest absolute Gasteiger partial charge is 0.216 e. The number of H-pyrrole nitrogens is 1. The van der Waals surface area contributed by atoms with E-state index >= 15 is 0 Å². The summed E-state index contributed by atoms with van der Waals surface area (Å²) in [5.41, 5.74) is 4.15. The van der Waals surface area contributed by atoms with Crippen LogP contribution in [0.2, 0.25) is 0 Å². The van der Waals surface area contributed by atoms with Gasteiger partial charge in [-0.3, -0.25) is 4.79 Å². The van der Waals surface area contributed by atoms with Gasteiger partial charge in [0.05, 0.1) is 23.2 Å². The highest BCUT2D eigenvalue weighted by molar-refractivity contribution is 7.88. The van der Waals surface area contributed by atoms with Gasteiger partial charge in [-0.25, -0.2) is 23.1 Å². The van der Waals surface area contributed by atoms with Crippen molar-refractivity contribution in [1.82, 2.24) is 19.7 Å². The molecule has 0 atom stereocenters. The Kier molecular flexibility index (Phi) is 6.14. The molecule has 4 aromatic rings. The van der Waals surface area contributed by atoms with E-state index in [4.69, 9.17) is 0 Å². The number of sulfonamides is 1. The Balaban J connectivity index is 1.49. The molecule has 0 saturated carbocycles. The van der Waals surface area contributed by atoms with Gasteiger partial charge in [-0.1, -0.05) is 75.4 Å². The van der Waals surface area contributed by atoms with E-state index in [0.29, 0.717) is 22.4 Å². The molecule has 0 aliphatic rings. The van der Waals surface area contributed by atoms with Crippen molar-refractivity contribution in [3.05, 3.63) is 83.7 Å². The standard InChI is InChI=1S/C25H26N4O3S/c1-25(2,3)23(30)20-14-26-24-22(20)29-21(15-27-24)19-11-9-17(10-12-19)13-28-33(31,32)16-18-7-5-4-6-8-18/h4-12,14-15,28H,13,16H2,1-3H3,(H,26,27). The molecule has 4 rings (SSSR count). The molecule has 2 N–H and O–H groups in total. The Morgan fingerprint density at radius 1 is 1.00 bits per heavy atom. The number of ketones is 1. The van der Waals surface area contributed by atoms with E-state index in [-0.39, 0.29) is 18.1 Å². The first-order valence-electron chi connectivity index (χ1n) is 10.6. The van der Waals surface area contributed by atoms with Crippen LogP contribution in [0, 0.1) is 5.41 Å². The number of carbonyl (C=O) groups excluding carboxylic acids is 1. The maximum atomic E-state index is 12.8. The van der Waals surface area contributed by atoms with Gasteiger partial charge in [0, 0.05) is 23.7 Å². The lowest BCUT2D eigenvalue weighted by molar-refractivity contribution is 0.0860. The van der Waals surface area contributed by atoms with Crippen LogP contribution in [0.15, 0.2) is 67.0 Å². The molecule has 0 unspecified atom stereocenters. The summed E-state index contributed by atoms with van der Waals surface area (Å²) in [6, 6.07) is 16.5. The highest BCUT2D eigenvalue weighted by atomic mass is 32.2. The van der Waals surface area contributed by atoms with Gasteiger partial charge in [0.2, 0.25) is 10.0 Å². The maximum Gasteiger partial charge on any atom is 0.216 e. The van der Waals surface area contributed by atoms with Crippen LogP contribution in [0.4, 0.5) is 0 Å². The number of carbonyl (C=O) groups is 1. The van der Waals surface area contributed by atoms with Crippen molar-refractivity contribution in [2.24, 2.45) is 5.41 Å². The van der Waals surface area contributed by atoms with Gasteiger partial charge in [-0.2, -0.15) is 0 Å². The van der Waals surface area contributed by atoms with E-state index in [1.165, 1.54) is 0 Å². The fraction of sp³-hybridized carbons (Fsp3) is 0.240. The SMILES string of the molecule is CC(C)(C)C(=O)c1c[nH]c2ncc(-c3ccc(CNS(=O)(=O)Cc4ccccc4)cc3)nc12. The monoisotopic (exact) mass is 462 g/mol. The lowest BCUT2D eigenvalue weighted by Crippen LogP contribution is -2.24. The van der Waals surface area contributed by atoms with E-state index < -0.39 is 15.4 Å². The number of aromatic amines is 1. The van der Waals surface area contributed by atoms with Crippen LogP contribution in [0.25, 0.3) is 22.4 Å². The molecule has 33 heavy (non-hydrogen) atoms. The van der Waals surface area contributed by atoms with Crippen LogP contribution in [0.1, 0.15) is 42.3 Å². The quantitative estimate of drug-likeness (QED) is 0.394. The molecule has 0 radical (unpaired) electrons. The van der Waals surface area contributed by atoms with Crippen molar-refractivity contribution in [3.63, 3.8) is 0 Å². The van der Waals surface area contributed by atoms with E-state index in [1.54, 1.807) is 24.5 Å². The third kappa shape index (κ3) is 5.35. The number of aromatic nitrogens is 3.